The summed E-state index contributed by atoms with van der Waals surface area (Å²) in [7, 11) is 0. The standard InChI is InChI=1S/2C7H15N3O.C7H14O/c1-4-5-7(3,6(2)11)9-10-8;1-4-5-7(3,11)6(2)9-10-8;1-4-5-7(3)6(2)8-7/h2*6,11H,4-5H2,1-3H3;6H,4-5H2,1-3H3. The van der Waals surface area contributed by atoms with Crippen LogP contribution in [0.5, 0.6) is 0 Å². The van der Waals surface area contributed by atoms with E-state index in [1.165, 1.54) is 12.8 Å². The predicted molar refractivity (Wildman–Crippen MR) is 122 cm³/mol. The lowest BCUT2D eigenvalue weighted by atomic mass is 9.92. The Morgan fingerprint density at radius 3 is 1.83 bits per heavy atom. The first-order valence-corrected chi connectivity index (χ1v) is 11.0. The number of epoxide rings is 1. The smallest absolute Gasteiger partial charge is 0.0917 e. The molecule has 9 nitrogen and oxygen atoms in total. The Bertz CT molecular complexity index is 573. The summed E-state index contributed by atoms with van der Waals surface area (Å²) in [6.07, 6.45) is 5.55. The fraction of sp³-hybridized carbons (Fsp3) is 1.00. The van der Waals surface area contributed by atoms with Gasteiger partial charge in [0.15, 0.2) is 0 Å². The van der Waals surface area contributed by atoms with Crippen LogP contribution in [0.1, 0.15) is 101 Å². The first-order chi connectivity index (χ1) is 13.8. The molecule has 0 saturated carbocycles. The van der Waals surface area contributed by atoms with Gasteiger partial charge >= 0.3 is 0 Å². The molecule has 0 aromatic rings. The molecule has 1 rings (SSSR count). The van der Waals surface area contributed by atoms with E-state index in [9.17, 15) is 10.2 Å². The van der Waals surface area contributed by atoms with E-state index in [0.717, 1.165) is 12.8 Å². The van der Waals surface area contributed by atoms with Crippen LogP contribution in [-0.2, 0) is 4.74 Å². The Balaban J connectivity index is 0. The largest absolute Gasteiger partial charge is 0.393 e. The number of azide groups is 2. The van der Waals surface area contributed by atoms with Crippen molar-refractivity contribution in [1.82, 2.24) is 0 Å². The van der Waals surface area contributed by atoms with Gasteiger partial charge < -0.3 is 14.9 Å². The zero-order valence-electron chi connectivity index (χ0n) is 20.5. The molecular weight excluding hydrogens is 384 g/mol. The lowest BCUT2D eigenvalue weighted by Gasteiger charge is -2.26. The summed E-state index contributed by atoms with van der Waals surface area (Å²) in [6, 6.07) is -0.354. The van der Waals surface area contributed by atoms with Crippen molar-refractivity contribution >= 4 is 0 Å². The van der Waals surface area contributed by atoms with Crippen LogP contribution in [-0.4, -0.2) is 45.2 Å². The minimum absolute atomic E-state index is 0.259. The third-order valence-corrected chi connectivity index (χ3v) is 5.81. The van der Waals surface area contributed by atoms with Gasteiger partial charge in [0.2, 0.25) is 0 Å². The second-order valence-electron chi connectivity index (χ2n) is 8.78. The Hall–Kier alpha value is -1.50. The Labute approximate surface area is 182 Å². The quantitative estimate of drug-likeness (QED) is 0.178. The zero-order chi connectivity index (χ0) is 24.0. The molecule has 0 aromatic heterocycles. The van der Waals surface area contributed by atoms with Crippen LogP contribution in [0.25, 0.3) is 20.9 Å². The maximum Gasteiger partial charge on any atom is 0.0917 e. The molecule has 9 heteroatoms. The van der Waals surface area contributed by atoms with E-state index in [1.807, 2.05) is 13.8 Å². The molecule has 0 spiro atoms. The van der Waals surface area contributed by atoms with Gasteiger partial charge in [-0.3, -0.25) is 0 Å². The topological polar surface area (TPSA) is 151 Å². The molecule has 30 heavy (non-hydrogen) atoms. The fourth-order valence-corrected chi connectivity index (χ4v) is 3.00. The van der Waals surface area contributed by atoms with Crippen LogP contribution in [0.4, 0.5) is 0 Å². The molecule has 1 aliphatic heterocycles. The van der Waals surface area contributed by atoms with E-state index >= 15 is 0 Å². The molecule has 1 aliphatic rings. The Morgan fingerprint density at radius 2 is 1.57 bits per heavy atom. The van der Waals surface area contributed by atoms with Gasteiger partial charge in [0.25, 0.3) is 0 Å². The number of aliphatic hydroxyl groups excluding tert-OH is 1. The van der Waals surface area contributed by atoms with Crippen LogP contribution in [0.3, 0.4) is 0 Å². The summed E-state index contributed by atoms with van der Waals surface area (Å²) in [6.45, 7) is 17.3. The molecule has 0 amide bonds. The molecule has 0 radical (unpaired) electrons. The van der Waals surface area contributed by atoms with Crippen LogP contribution in [0.2, 0.25) is 0 Å². The second-order valence-corrected chi connectivity index (χ2v) is 8.78. The summed E-state index contributed by atoms with van der Waals surface area (Å²) in [5.74, 6) is 0. The number of ether oxygens (including phenoxy) is 1. The summed E-state index contributed by atoms with van der Waals surface area (Å²) in [5.41, 5.74) is 15.1. The van der Waals surface area contributed by atoms with Crippen molar-refractivity contribution in [3.05, 3.63) is 20.9 Å². The van der Waals surface area contributed by atoms with E-state index in [-0.39, 0.29) is 11.6 Å². The third kappa shape index (κ3) is 11.6. The van der Waals surface area contributed by atoms with Crippen LogP contribution < -0.4 is 0 Å². The molecule has 176 valence electrons. The second kappa shape index (κ2) is 14.5. The minimum atomic E-state index is -0.860. The highest BCUT2D eigenvalue weighted by molar-refractivity contribution is 4.95. The molecular formula is C21H44N6O3. The summed E-state index contributed by atoms with van der Waals surface area (Å²) < 4.78 is 5.34. The third-order valence-electron chi connectivity index (χ3n) is 5.81. The number of rotatable bonds is 10. The number of nitrogens with zero attached hydrogens (tertiary/aromatic N) is 6. The van der Waals surface area contributed by atoms with E-state index in [1.54, 1.807) is 27.7 Å². The van der Waals surface area contributed by atoms with Gasteiger partial charge in [-0.2, -0.15) is 0 Å². The van der Waals surface area contributed by atoms with Gasteiger partial charge in [-0.1, -0.05) is 64.1 Å². The van der Waals surface area contributed by atoms with Crippen molar-refractivity contribution in [3.63, 3.8) is 0 Å². The Morgan fingerprint density at radius 1 is 1.07 bits per heavy atom. The molecule has 1 heterocycles. The van der Waals surface area contributed by atoms with Gasteiger partial charge in [-0.05, 0) is 58.0 Å². The summed E-state index contributed by atoms with van der Waals surface area (Å²) in [5, 5.41) is 25.9. The maximum atomic E-state index is 9.65. The van der Waals surface area contributed by atoms with Crippen molar-refractivity contribution in [1.29, 1.82) is 0 Å². The monoisotopic (exact) mass is 428 g/mol. The van der Waals surface area contributed by atoms with Gasteiger partial charge in [-0.15, -0.1) is 0 Å². The lowest BCUT2D eigenvalue weighted by Crippen LogP contribution is -2.35. The SMILES string of the molecule is CCCC(C)(N=[N+]=[N-])C(C)O.CCCC(C)(O)C(C)N=[N+]=[N-].CCCC1(C)OC1C. The van der Waals surface area contributed by atoms with Gasteiger partial charge in [-0.25, -0.2) is 0 Å². The first-order valence-electron chi connectivity index (χ1n) is 11.0. The average Bonchev–Trinajstić information content (AvgIpc) is 3.22. The fourth-order valence-electron chi connectivity index (χ4n) is 3.00. The molecule has 1 fully saturated rings. The van der Waals surface area contributed by atoms with E-state index < -0.39 is 17.2 Å². The number of hydrogen-bond acceptors (Lipinski definition) is 5. The highest BCUT2D eigenvalue weighted by Crippen LogP contribution is 2.39. The molecule has 1 saturated heterocycles. The van der Waals surface area contributed by atoms with E-state index in [2.05, 4.69) is 40.8 Å². The highest BCUT2D eigenvalue weighted by atomic mass is 16.6. The van der Waals surface area contributed by atoms with Crippen molar-refractivity contribution in [3.8, 4) is 0 Å². The molecule has 0 aliphatic carbocycles. The molecule has 6 atom stereocenters. The predicted octanol–water partition coefficient (Wildman–Crippen LogP) is 6.44. The van der Waals surface area contributed by atoms with Crippen molar-refractivity contribution in [2.45, 2.75) is 136 Å². The summed E-state index contributed by atoms with van der Waals surface area (Å²) >= 11 is 0. The normalized spacial score (nSPS) is 25.2. The van der Waals surface area contributed by atoms with Crippen LogP contribution >= 0.6 is 0 Å². The first kappa shape index (κ1) is 30.7. The maximum absolute atomic E-state index is 9.65. The minimum Gasteiger partial charge on any atom is -0.393 e. The van der Waals surface area contributed by atoms with E-state index in [4.69, 9.17) is 15.8 Å². The molecule has 0 aromatic carbocycles. The summed E-state index contributed by atoms with van der Waals surface area (Å²) in [4.78, 5) is 5.36. The molecule has 6 unspecified atom stereocenters. The number of hydrogen-bond donors (Lipinski definition) is 2. The van der Waals surface area contributed by atoms with Crippen molar-refractivity contribution < 1.29 is 14.9 Å². The van der Waals surface area contributed by atoms with Gasteiger partial charge in [0.05, 0.1) is 35.0 Å². The van der Waals surface area contributed by atoms with Crippen LogP contribution in [0, 0.1) is 0 Å². The van der Waals surface area contributed by atoms with Crippen LogP contribution in [0.15, 0.2) is 10.2 Å². The lowest BCUT2D eigenvalue weighted by molar-refractivity contribution is 0.0294. The van der Waals surface area contributed by atoms with Gasteiger partial charge in [0.1, 0.15) is 0 Å². The van der Waals surface area contributed by atoms with Crippen molar-refractivity contribution in [2.24, 2.45) is 10.2 Å². The zero-order valence-corrected chi connectivity index (χ0v) is 20.5. The molecule has 0 bridgehead atoms. The number of aliphatic hydroxyl groups is 2. The molecule has 2 N–H and O–H groups in total. The Kier molecular flexibility index (Phi) is 14.8. The average molecular weight is 429 g/mol. The van der Waals surface area contributed by atoms with E-state index in [0.29, 0.717) is 18.9 Å². The van der Waals surface area contributed by atoms with Gasteiger partial charge in [0, 0.05) is 9.82 Å². The highest BCUT2D eigenvalue weighted by Gasteiger charge is 2.47. The van der Waals surface area contributed by atoms with Crippen molar-refractivity contribution in [2.75, 3.05) is 0 Å².